The summed E-state index contributed by atoms with van der Waals surface area (Å²) in [5.41, 5.74) is 2.67. The molecule has 0 atom stereocenters. The van der Waals surface area contributed by atoms with Crippen molar-refractivity contribution in [1.29, 1.82) is 0 Å². The fraction of sp³-hybridized carbons (Fsp3) is 0.583. The van der Waals surface area contributed by atoms with Crippen LogP contribution >= 0.6 is 0 Å². The molecule has 0 amide bonds. The number of aromatic nitrogens is 1. The van der Waals surface area contributed by atoms with Crippen LogP contribution in [0.4, 0.5) is 5.69 Å². The Bertz CT molecular complexity index is 344. The van der Waals surface area contributed by atoms with Gasteiger partial charge in [-0.1, -0.05) is 0 Å². The first-order valence-electron chi connectivity index (χ1n) is 5.86. The number of nitrogens with zero attached hydrogens (tertiary/aromatic N) is 2. The van der Waals surface area contributed by atoms with E-state index >= 15 is 0 Å². The van der Waals surface area contributed by atoms with E-state index in [1.165, 1.54) is 24.2 Å². The molecule has 0 spiro atoms. The van der Waals surface area contributed by atoms with E-state index in [1.807, 2.05) is 6.20 Å². The van der Waals surface area contributed by atoms with E-state index in [2.05, 4.69) is 27.3 Å². The lowest BCUT2D eigenvalue weighted by molar-refractivity contribution is 0.435. The van der Waals surface area contributed by atoms with Crippen LogP contribution in [-0.4, -0.2) is 30.7 Å². The first kappa shape index (κ1) is 9.16. The fourth-order valence-electron chi connectivity index (χ4n) is 2.73. The summed E-state index contributed by atoms with van der Waals surface area (Å²) < 4.78 is 0. The Kier molecular flexibility index (Phi) is 2.33. The zero-order valence-corrected chi connectivity index (χ0v) is 8.95. The van der Waals surface area contributed by atoms with Crippen LogP contribution in [0.2, 0.25) is 0 Å². The quantitative estimate of drug-likeness (QED) is 0.743. The normalized spacial score (nSPS) is 21.7. The van der Waals surface area contributed by atoms with Gasteiger partial charge in [0.25, 0.3) is 0 Å². The second kappa shape index (κ2) is 3.81. The van der Waals surface area contributed by atoms with Crippen LogP contribution in [0.3, 0.4) is 0 Å². The fourth-order valence-corrected chi connectivity index (χ4v) is 2.73. The van der Waals surface area contributed by atoms with Crippen molar-refractivity contribution in [3.8, 4) is 0 Å². The molecule has 80 valence electrons. The molecule has 1 aromatic rings. The predicted octanol–water partition coefficient (Wildman–Crippen LogP) is 1.20. The average molecular weight is 203 g/mol. The molecule has 0 unspecified atom stereocenters. The zero-order valence-electron chi connectivity index (χ0n) is 8.95. The summed E-state index contributed by atoms with van der Waals surface area (Å²) in [6, 6.07) is 5.01. The Morgan fingerprint density at radius 3 is 3.07 bits per heavy atom. The highest BCUT2D eigenvalue weighted by atomic mass is 15.2. The van der Waals surface area contributed by atoms with E-state index < -0.39 is 0 Å². The lowest BCUT2D eigenvalue weighted by Crippen LogP contribution is -2.42. The van der Waals surface area contributed by atoms with E-state index in [9.17, 15) is 0 Å². The zero-order chi connectivity index (χ0) is 10.1. The maximum atomic E-state index is 4.45. The third kappa shape index (κ3) is 1.61. The highest BCUT2D eigenvalue weighted by molar-refractivity contribution is 5.55. The number of nitrogens with one attached hydrogen (secondary N) is 1. The van der Waals surface area contributed by atoms with Crippen LogP contribution in [0, 0.1) is 0 Å². The molecule has 2 aliphatic rings. The molecule has 2 aliphatic heterocycles. The van der Waals surface area contributed by atoms with Crippen molar-refractivity contribution in [2.24, 2.45) is 0 Å². The number of piperidine rings is 1. The average Bonchev–Trinajstić information content (AvgIpc) is 2.74. The Morgan fingerprint density at radius 2 is 2.20 bits per heavy atom. The topological polar surface area (TPSA) is 28.2 Å². The Balaban J connectivity index is 1.83. The molecule has 0 aliphatic carbocycles. The van der Waals surface area contributed by atoms with Gasteiger partial charge in [0, 0.05) is 25.2 Å². The molecule has 0 bridgehead atoms. The first-order chi connectivity index (χ1) is 7.45. The van der Waals surface area contributed by atoms with Gasteiger partial charge in [0.1, 0.15) is 0 Å². The van der Waals surface area contributed by atoms with Crippen LogP contribution in [-0.2, 0) is 6.42 Å². The minimum atomic E-state index is 0.733. The second-order valence-electron chi connectivity index (χ2n) is 4.39. The van der Waals surface area contributed by atoms with Crippen LogP contribution < -0.4 is 10.2 Å². The third-order valence-electron chi connectivity index (χ3n) is 3.51. The molecule has 1 aromatic heterocycles. The molecule has 3 heteroatoms. The van der Waals surface area contributed by atoms with Gasteiger partial charge in [0.15, 0.2) is 0 Å². The van der Waals surface area contributed by atoms with Crippen molar-refractivity contribution in [3.63, 3.8) is 0 Å². The number of pyridine rings is 1. The van der Waals surface area contributed by atoms with Gasteiger partial charge in [-0.05, 0) is 38.1 Å². The summed E-state index contributed by atoms with van der Waals surface area (Å²) in [7, 11) is 0. The number of anilines is 1. The molecule has 0 saturated carbocycles. The summed E-state index contributed by atoms with van der Waals surface area (Å²) in [5, 5.41) is 3.42. The summed E-state index contributed by atoms with van der Waals surface area (Å²) in [6.07, 6.45) is 5.58. The molecule has 0 aromatic carbocycles. The Morgan fingerprint density at radius 1 is 1.33 bits per heavy atom. The molecule has 3 nitrogen and oxygen atoms in total. The Hall–Kier alpha value is -1.09. The Labute approximate surface area is 90.5 Å². The number of hydrogen-bond donors (Lipinski definition) is 1. The van der Waals surface area contributed by atoms with Crippen LogP contribution in [0.5, 0.6) is 0 Å². The maximum Gasteiger partial charge on any atom is 0.0654 e. The maximum absolute atomic E-state index is 4.45. The SMILES string of the molecule is c1cnc2c(c1)N(C1CCNCC1)CC2. The number of fused-ring (bicyclic) bond motifs is 1. The molecule has 1 fully saturated rings. The number of hydrogen-bond acceptors (Lipinski definition) is 3. The van der Waals surface area contributed by atoms with E-state index in [-0.39, 0.29) is 0 Å². The van der Waals surface area contributed by atoms with Crippen molar-refractivity contribution < 1.29 is 0 Å². The highest BCUT2D eigenvalue weighted by Crippen LogP contribution is 2.29. The van der Waals surface area contributed by atoms with E-state index in [1.54, 1.807) is 0 Å². The minimum absolute atomic E-state index is 0.733. The largest absolute Gasteiger partial charge is 0.367 e. The van der Waals surface area contributed by atoms with Crippen molar-refractivity contribution in [3.05, 3.63) is 24.0 Å². The minimum Gasteiger partial charge on any atom is -0.367 e. The lowest BCUT2D eigenvalue weighted by atomic mass is 10.1. The number of rotatable bonds is 1. The van der Waals surface area contributed by atoms with Crippen molar-refractivity contribution >= 4 is 5.69 Å². The van der Waals surface area contributed by atoms with Gasteiger partial charge >= 0.3 is 0 Å². The van der Waals surface area contributed by atoms with Crippen molar-refractivity contribution in [2.75, 3.05) is 24.5 Å². The third-order valence-corrected chi connectivity index (χ3v) is 3.51. The molecular weight excluding hydrogens is 186 g/mol. The van der Waals surface area contributed by atoms with E-state index in [0.717, 1.165) is 32.1 Å². The van der Waals surface area contributed by atoms with Gasteiger partial charge in [-0.15, -0.1) is 0 Å². The van der Waals surface area contributed by atoms with Crippen molar-refractivity contribution in [1.82, 2.24) is 10.3 Å². The molecule has 1 saturated heterocycles. The smallest absolute Gasteiger partial charge is 0.0654 e. The summed E-state index contributed by atoms with van der Waals surface area (Å²) in [6.45, 7) is 3.49. The first-order valence-corrected chi connectivity index (χ1v) is 5.86. The summed E-state index contributed by atoms with van der Waals surface area (Å²) >= 11 is 0. The predicted molar refractivity (Wildman–Crippen MR) is 61.2 cm³/mol. The van der Waals surface area contributed by atoms with Crippen LogP contribution in [0.1, 0.15) is 18.5 Å². The van der Waals surface area contributed by atoms with E-state index in [4.69, 9.17) is 0 Å². The van der Waals surface area contributed by atoms with E-state index in [0.29, 0.717) is 0 Å². The molecule has 3 rings (SSSR count). The summed E-state index contributed by atoms with van der Waals surface area (Å²) in [5.74, 6) is 0. The van der Waals surface area contributed by atoms with Gasteiger partial charge in [-0.3, -0.25) is 4.98 Å². The second-order valence-corrected chi connectivity index (χ2v) is 4.39. The molecular formula is C12H17N3. The molecule has 15 heavy (non-hydrogen) atoms. The van der Waals surface area contributed by atoms with Crippen LogP contribution in [0.15, 0.2) is 18.3 Å². The lowest BCUT2D eigenvalue weighted by Gasteiger charge is -2.33. The van der Waals surface area contributed by atoms with Gasteiger partial charge in [-0.2, -0.15) is 0 Å². The molecule has 3 heterocycles. The molecule has 0 radical (unpaired) electrons. The monoisotopic (exact) mass is 203 g/mol. The van der Waals surface area contributed by atoms with Crippen LogP contribution in [0.25, 0.3) is 0 Å². The standard InChI is InChI=1S/C12H17N3/c1-2-12-11(14-6-1)5-9-15(12)10-3-7-13-8-4-10/h1-2,6,10,13H,3-5,7-9H2. The van der Waals surface area contributed by atoms with Gasteiger partial charge in [0.2, 0.25) is 0 Å². The summed E-state index contributed by atoms with van der Waals surface area (Å²) in [4.78, 5) is 7.01. The van der Waals surface area contributed by atoms with Gasteiger partial charge in [-0.25, -0.2) is 0 Å². The van der Waals surface area contributed by atoms with Crippen molar-refractivity contribution in [2.45, 2.75) is 25.3 Å². The highest BCUT2D eigenvalue weighted by Gasteiger charge is 2.27. The molecule has 1 N–H and O–H groups in total. The van der Waals surface area contributed by atoms with Gasteiger partial charge in [0.05, 0.1) is 11.4 Å². The van der Waals surface area contributed by atoms with Gasteiger partial charge < -0.3 is 10.2 Å².